The van der Waals surface area contributed by atoms with Crippen molar-refractivity contribution in [2.45, 2.75) is 5.92 Å². The molecule has 0 aliphatic carbocycles. The maximum Gasteiger partial charge on any atom is 0.251 e. The smallest absolute Gasteiger partial charge is 0.251 e. The third-order valence-electron chi connectivity index (χ3n) is 5.55. The number of aromatic amines is 1. The van der Waals surface area contributed by atoms with Crippen molar-refractivity contribution < 1.29 is 4.79 Å². The lowest BCUT2D eigenvalue weighted by atomic mass is 9.90. The zero-order valence-corrected chi connectivity index (χ0v) is 17.6. The number of nitriles is 1. The Balaban J connectivity index is 1.63. The minimum Gasteiger partial charge on any atom is -0.378 e. The number of aromatic nitrogens is 1. The lowest BCUT2D eigenvalue weighted by Gasteiger charge is -2.20. The van der Waals surface area contributed by atoms with Crippen LogP contribution in [0, 0.1) is 11.3 Å². The van der Waals surface area contributed by atoms with Gasteiger partial charge in [0, 0.05) is 54.9 Å². The molecule has 3 aromatic carbocycles. The van der Waals surface area contributed by atoms with E-state index in [1.54, 1.807) is 24.3 Å². The highest BCUT2D eigenvalue weighted by Crippen LogP contribution is 2.31. The lowest BCUT2D eigenvalue weighted by Crippen LogP contribution is -2.29. The van der Waals surface area contributed by atoms with Gasteiger partial charge in [-0.25, -0.2) is 0 Å². The van der Waals surface area contributed by atoms with E-state index < -0.39 is 0 Å². The number of nitrogens with one attached hydrogen (secondary N) is 2. The molecule has 1 heterocycles. The fourth-order valence-corrected chi connectivity index (χ4v) is 3.79. The molecule has 154 valence electrons. The summed E-state index contributed by atoms with van der Waals surface area (Å²) in [6, 6.07) is 25.4. The van der Waals surface area contributed by atoms with Crippen LogP contribution in [0.2, 0.25) is 0 Å². The van der Waals surface area contributed by atoms with E-state index in [0.29, 0.717) is 17.7 Å². The number of amides is 1. The molecule has 2 N–H and O–H groups in total. The molecule has 31 heavy (non-hydrogen) atoms. The van der Waals surface area contributed by atoms with Crippen molar-refractivity contribution in [3.05, 3.63) is 101 Å². The van der Waals surface area contributed by atoms with Crippen LogP contribution < -0.4 is 10.2 Å². The van der Waals surface area contributed by atoms with Crippen molar-refractivity contribution >= 4 is 22.5 Å². The summed E-state index contributed by atoms with van der Waals surface area (Å²) in [5, 5.41) is 13.2. The summed E-state index contributed by atoms with van der Waals surface area (Å²) in [4.78, 5) is 18.2. The predicted molar refractivity (Wildman–Crippen MR) is 124 cm³/mol. The van der Waals surface area contributed by atoms with Crippen LogP contribution in [0.5, 0.6) is 0 Å². The molecule has 0 saturated carbocycles. The van der Waals surface area contributed by atoms with Crippen LogP contribution >= 0.6 is 0 Å². The number of hydrogen-bond donors (Lipinski definition) is 2. The van der Waals surface area contributed by atoms with Crippen LogP contribution in [0.3, 0.4) is 0 Å². The zero-order valence-electron chi connectivity index (χ0n) is 17.6. The Labute approximate surface area is 181 Å². The van der Waals surface area contributed by atoms with Gasteiger partial charge in [0.05, 0.1) is 11.6 Å². The van der Waals surface area contributed by atoms with Gasteiger partial charge in [-0.1, -0.05) is 30.3 Å². The maximum atomic E-state index is 12.7. The van der Waals surface area contributed by atoms with Crippen LogP contribution in [0.4, 0.5) is 5.69 Å². The number of carbonyl (C=O) groups excluding carboxylic acids is 1. The van der Waals surface area contributed by atoms with Gasteiger partial charge >= 0.3 is 0 Å². The van der Waals surface area contributed by atoms with Gasteiger partial charge in [0.15, 0.2) is 0 Å². The summed E-state index contributed by atoms with van der Waals surface area (Å²) in [6.45, 7) is 0.460. The van der Waals surface area contributed by atoms with E-state index in [1.807, 2.05) is 32.4 Å². The summed E-state index contributed by atoms with van der Waals surface area (Å²) >= 11 is 0. The molecule has 1 aromatic heterocycles. The number of benzene rings is 3. The molecule has 0 unspecified atom stereocenters. The summed E-state index contributed by atoms with van der Waals surface area (Å²) in [6.07, 6.45) is 2.03. The van der Waals surface area contributed by atoms with Gasteiger partial charge in [-0.3, -0.25) is 4.79 Å². The van der Waals surface area contributed by atoms with Gasteiger partial charge in [0.25, 0.3) is 5.91 Å². The van der Waals surface area contributed by atoms with Crippen LogP contribution in [-0.2, 0) is 0 Å². The molecule has 5 nitrogen and oxygen atoms in total. The van der Waals surface area contributed by atoms with E-state index >= 15 is 0 Å². The number of anilines is 1. The van der Waals surface area contributed by atoms with Crippen molar-refractivity contribution in [3.8, 4) is 6.07 Å². The van der Waals surface area contributed by atoms with Crippen LogP contribution in [-0.4, -0.2) is 31.5 Å². The van der Waals surface area contributed by atoms with Crippen molar-refractivity contribution in [1.29, 1.82) is 5.26 Å². The summed E-state index contributed by atoms with van der Waals surface area (Å²) < 4.78 is 0. The molecular formula is C26H24N4O. The Morgan fingerprint density at radius 3 is 2.42 bits per heavy atom. The van der Waals surface area contributed by atoms with Crippen LogP contribution in [0.15, 0.2) is 79.0 Å². The first-order valence-electron chi connectivity index (χ1n) is 10.2. The third-order valence-corrected chi connectivity index (χ3v) is 5.55. The Morgan fingerprint density at radius 1 is 1.03 bits per heavy atom. The average molecular weight is 409 g/mol. The molecule has 0 spiro atoms. The first kappa shape index (κ1) is 20.2. The van der Waals surface area contributed by atoms with Crippen molar-refractivity contribution in [3.63, 3.8) is 0 Å². The Hall–Kier alpha value is -4.04. The molecule has 1 amide bonds. The highest BCUT2D eigenvalue weighted by molar-refractivity contribution is 5.94. The molecule has 5 heteroatoms. The molecular weight excluding hydrogens is 384 g/mol. The van der Waals surface area contributed by atoms with Gasteiger partial charge < -0.3 is 15.2 Å². The molecule has 0 radical (unpaired) electrons. The average Bonchev–Trinajstić information content (AvgIpc) is 3.23. The van der Waals surface area contributed by atoms with E-state index in [0.717, 1.165) is 27.7 Å². The van der Waals surface area contributed by atoms with Crippen molar-refractivity contribution in [2.24, 2.45) is 0 Å². The molecule has 4 rings (SSSR count). The molecule has 0 bridgehead atoms. The summed E-state index contributed by atoms with van der Waals surface area (Å²) in [5.74, 6) is -0.158. The van der Waals surface area contributed by atoms with Crippen molar-refractivity contribution in [1.82, 2.24) is 10.3 Å². The SMILES string of the molecule is CN(C)c1ccc([C@H](CNC(=O)c2ccc(C#N)cc2)c2c[nH]c3ccccc23)cc1. The van der Waals surface area contributed by atoms with Gasteiger partial charge in [-0.15, -0.1) is 0 Å². The predicted octanol–water partition coefficient (Wildman–Crippen LogP) is 4.67. The number of fused-ring (bicyclic) bond motifs is 1. The number of carbonyl (C=O) groups is 1. The fourth-order valence-electron chi connectivity index (χ4n) is 3.79. The molecule has 4 aromatic rings. The Kier molecular flexibility index (Phi) is 5.72. The second-order valence-corrected chi connectivity index (χ2v) is 7.73. The van der Waals surface area contributed by atoms with Gasteiger partial charge in [0.1, 0.15) is 0 Å². The number of para-hydroxylation sites is 1. The van der Waals surface area contributed by atoms with Gasteiger partial charge in [-0.05, 0) is 53.6 Å². The van der Waals surface area contributed by atoms with Crippen LogP contribution in [0.25, 0.3) is 10.9 Å². The lowest BCUT2D eigenvalue weighted by molar-refractivity contribution is 0.0952. The minimum atomic E-state index is -0.153. The number of nitrogens with zero attached hydrogens (tertiary/aromatic N) is 2. The van der Waals surface area contributed by atoms with E-state index in [2.05, 4.69) is 57.7 Å². The molecule has 0 aliphatic heterocycles. The van der Waals surface area contributed by atoms with E-state index in [1.165, 1.54) is 0 Å². The maximum absolute atomic E-state index is 12.7. The number of H-pyrrole nitrogens is 1. The molecule has 1 atom stereocenters. The molecule has 0 fully saturated rings. The fraction of sp³-hybridized carbons (Fsp3) is 0.154. The Morgan fingerprint density at radius 2 is 1.74 bits per heavy atom. The zero-order chi connectivity index (χ0) is 21.8. The molecule has 0 saturated heterocycles. The third kappa shape index (κ3) is 4.29. The second kappa shape index (κ2) is 8.76. The number of hydrogen-bond acceptors (Lipinski definition) is 3. The Bertz CT molecular complexity index is 1230. The van der Waals surface area contributed by atoms with Gasteiger partial charge in [0.2, 0.25) is 0 Å². The van der Waals surface area contributed by atoms with E-state index in [9.17, 15) is 4.79 Å². The number of rotatable bonds is 6. The summed E-state index contributed by atoms with van der Waals surface area (Å²) in [7, 11) is 4.04. The second-order valence-electron chi connectivity index (χ2n) is 7.73. The quantitative estimate of drug-likeness (QED) is 0.487. The largest absolute Gasteiger partial charge is 0.378 e. The minimum absolute atomic E-state index is 0.00491. The van der Waals surface area contributed by atoms with E-state index in [4.69, 9.17) is 5.26 Å². The molecule has 0 aliphatic rings. The highest BCUT2D eigenvalue weighted by Gasteiger charge is 2.19. The normalized spacial score (nSPS) is 11.6. The summed E-state index contributed by atoms with van der Waals surface area (Å²) in [5.41, 5.74) is 5.56. The monoisotopic (exact) mass is 408 g/mol. The standard InChI is InChI=1S/C26H24N4O/c1-30(2)21-13-11-19(12-14-21)23(24-17-28-25-6-4-3-5-22(24)25)16-29-26(31)20-9-7-18(15-27)8-10-20/h3-14,17,23,28H,16H2,1-2H3,(H,29,31)/t23-/m0/s1. The first-order chi connectivity index (χ1) is 15.1. The van der Waals surface area contributed by atoms with Crippen LogP contribution in [0.1, 0.15) is 33.0 Å². The van der Waals surface area contributed by atoms with E-state index in [-0.39, 0.29) is 11.8 Å². The van der Waals surface area contributed by atoms with Gasteiger partial charge in [-0.2, -0.15) is 5.26 Å². The first-order valence-corrected chi connectivity index (χ1v) is 10.2. The van der Waals surface area contributed by atoms with Crippen molar-refractivity contribution in [2.75, 3.05) is 25.5 Å². The highest BCUT2D eigenvalue weighted by atomic mass is 16.1. The topological polar surface area (TPSA) is 71.9 Å².